The Hall–Kier alpha value is -2.99. The van der Waals surface area contributed by atoms with E-state index in [-0.39, 0.29) is 11.7 Å². The number of nitrogens with zero attached hydrogens (tertiary/aromatic N) is 2. The van der Waals surface area contributed by atoms with Crippen LogP contribution in [0.25, 0.3) is 5.69 Å². The van der Waals surface area contributed by atoms with Crippen LogP contribution in [0.2, 0.25) is 0 Å². The summed E-state index contributed by atoms with van der Waals surface area (Å²) in [5, 5.41) is 13.1. The Balaban J connectivity index is 1.71. The molecule has 0 bridgehead atoms. The Labute approximate surface area is 144 Å². The highest BCUT2D eigenvalue weighted by Gasteiger charge is 2.19. The number of amides is 1. The first-order chi connectivity index (χ1) is 12.0. The van der Waals surface area contributed by atoms with E-state index in [2.05, 4.69) is 10.3 Å². The molecule has 0 spiro atoms. The second-order valence-corrected chi connectivity index (χ2v) is 5.78. The number of rotatable bonds is 5. The SMILES string of the molecule is CC(NC(=O)c1cccc(-n2ccnc2)c1)C(O)c1ccc(F)cc1. The normalized spacial score (nSPS) is 13.2. The summed E-state index contributed by atoms with van der Waals surface area (Å²) in [6.07, 6.45) is 4.17. The summed E-state index contributed by atoms with van der Waals surface area (Å²) in [5.41, 5.74) is 1.84. The Morgan fingerprint density at radius 3 is 2.68 bits per heavy atom. The molecule has 0 saturated heterocycles. The summed E-state index contributed by atoms with van der Waals surface area (Å²) in [4.78, 5) is 16.4. The minimum atomic E-state index is -0.929. The first kappa shape index (κ1) is 16.9. The second-order valence-electron chi connectivity index (χ2n) is 5.78. The summed E-state index contributed by atoms with van der Waals surface area (Å²) in [6, 6.07) is 12.1. The highest BCUT2D eigenvalue weighted by molar-refractivity contribution is 5.94. The summed E-state index contributed by atoms with van der Waals surface area (Å²) in [7, 11) is 0. The molecular weight excluding hydrogens is 321 g/mol. The first-order valence-corrected chi connectivity index (χ1v) is 7.87. The number of hydrogen-bond donors (Lipinski definition) is 2. The van der Waals surface area contributed by atoms with Gasteiger partial charge in [-0.25, -0.2) is 9.37 Å². The minimum Gasteiger partial charge on any atom is -0.386 e. The maximum atomic E-state index is 13.0. The van der Waals surface area contributed by atoms with Gasteiger partial charge in [0.2, 0.25) is 0 Å². The van der Waals surface area contributed by atoms with Crippen molar-refractivity contribution in [2.24, 2.45) is 0 Å². The van der Waals surface area contributed by atoms with Crippen LogP contribution in [0.1, 0.15) is 28.9 Å². The van der Waals surface area contributed by atoms with Gasteiger partial charge in [0.25, 0.3) is 5.91 Å². The molecule has 1 heterocycles. The van der Waals surface area contributed by atoms with E-state index in [0.717, 1.165) is 5.69 Å². The molecule has 2 aromatic carbocycles. The summed E-state index contributed by atoms with van der Waals surface area (Å²) in [6.45, 7) is 1.70. The number of halogens is 1. The van der Waals surface area contributed by atoms with Crippen molar-refractivity contribution < 1.29 is 14.3 Å². The third kappa shape index (κ3) is 3.92. The van der Waals surface area contributed by atoms with E-state index in [4.69, 9.17) is 0 Å². The number of carbonyl (C=O) groups excluding carboxylic acids is 1. The van der Waals surface area contributed by atoms with Crippen LogP contribution < -0.4 is 5.32 Å². The molecule has 2 N–H and O–H groups in total. The van der Waals surface area contributed by atoms with Crippen molar-refractivity contribution in [1.29, 1.82) is 0 Å². The molecule has 0 aliphatic heterocycles. The van der Waals surface area contributed by atoms with Gasteiger partial charge in [-0.1, -0.05) is 18.2 Å². The fourth-order valence-corrected chi connectivity index (χ4v) is 2.54. The van der Waals surface area contributed by atoms with Crippen molar-refractivity contribution in [1.82, 2.24) is 14.9 Å². The molecule has 0 fully saturated rings. The number of aliphatic hydroxyl groups excluding tert-OH is 1. The quantitative estimate of drug-likeness (QED) is 0.751. The zero-order valence-corrected chi connectivity index (χ0v) is 13.6. The molecule has 0 aliphatic rings. The smallest absolute Gasteiger partial charge is 0.251 e. The molecule has 3 rings (SSSR count). The number of carbonyl (C=O) groups is 1. The number of benzene rings is 2. The maximum absolute atomic E-state index is 13.0. The van der Waals surface area contributed by atoms with E-state index in [1.165, 1.54) is 24.3 Å². The van der Waals surface area contributed by atoms with Crippen molar-refractivity contribution in [3.63, 3.8) is 0 Å². The van der Waals surface area contributed by atoms with Crippen LogP contribution in [0.4, 0.5) is 4.39 Å². The lowest BCUT2D eigenvalue weighted by molar-refractivity contribution is 0.0852. The molecule has 2 atom stereocenters. The van der Waals surface area contributed by atoms with E-state index in [9.17, 15) is 14.3 Å². The van der Waals surface area contributed by atoms with Gasteiger partial charge >= 0.3 is 0 Å². The first-order valence-electron chi connectivity index (χ1n) is 7.87. The zero-order valence-electron chi connectivity index (χ0n) is 13.6. The molecule has 2 unspecified atom stereocenters. The number of hydrogen-bond acceptors (Lipinski definition) is 3. The van der Waals surface area contributed by atoms with Gasteiger partial charge in [-0.15, -0.1) is 0 Å². The molecule has 0 saturated carbocycles. The van der Waals surface area contributed by atoms with Crippen LogP contribution in [-0.4, -0.2) is 26.6 Å². The zero-order chi connectivity index (χ0) is 17.8. The second kappa shape index (κ2) is 7.27. The topological polar surface area (TPSA) is 67.2 Å². The maximum Gasteiger partial charge on any atom is 0.251 e. The summed E-state index contributed by atoms with van der Waals surface area (Å²) < 4.78 is 14.8. The van der Waals surface area contributed by atoms with E-state index >= 15 is 0 Å². The summed E-state index contributed by atoms with van der Waals surface area (Å²) in [5.74, 6) is -0.667. The Morgan fingerprint density at radius 1 is 1.24 bits per heavy atom. The molecule has 1 aromatic heterocycles. The molecule has 0 radical (unpaired) electrons. The molecule has 5 nitrogen and oxygen atoms in total. The largest absolute Gasteiger partial charge is 0.386 e. The van der Waals surface area contributed by atoms with Gasteiger partial charge in [-0.05, 0) is 42.8 Å². The average molecular weight is 339 g/mol. The van der Waals surface area contributed by atoms with Crippen LogP contribution in [0, 0.1) is 5.82 Å². The van der Waals surface area contributed by atoms with Crippen LogP contribution in [0.15, 0.2) is 67.3 Å². The van der Waals surface area contributed by atoms with E-state index < -0.39 is 12.1 Å². The number of aliphatic hydroxyl groups is 1. The van der Waals surface area contributed by atoms with Gasteiger partial charge in [0.05, 0.1) is 18.5 Å². The number of nitrogens with one attached hydrogen (secondary N) is 1. The average Bonchev–Trinajstić information content (AvgIpc) is 3.16. The molecular formula is C19H18FN3O2. The monoisotopic (exact) mass is 339 g/mol. The third-order valence-corrected chi connectivity index (χ3v) is 3.95. The van der Waals surface area contributed by atoms with Gasteiger partial charge in [0.1, 0.15) is 5.82 Å². The standard InChI is InChI=1S/C19H18FN3O2/c1-13(18(24)14-5-7-16(20)8-6-14)22-19(25)15-3-2-4-17(11-15)23-10-9-21-12-23/h2-13,18,24H,1H3,(H,22,25). The van der Waals surface area contributed by atoms with Gasteiger partial charge < -0.3 is 15.0 Å². The lowest BCUT2D eigenvalue weighted by atomic mass is 10.0. The van der Waals surface area contributed by atoms with Crippen molar-refractivity contribution in [3.05, 3.63) is 84.2 Å². The van der Waals surface area contributed by atoms with Crippen LogP contribution >= 0.6 is 0 Å². The Morgan fingerprint density at radius 2 is 2.00 bits per heavy atom. The lowest BCUT2D eigenvalue weighted by Crippen LogP contribution is -2.37. The van der Waals surface area contributed by atoms with Crippen molar-refractivity contribution in [3.8, 4) is 5.69 Å². The molecule has 128 valence electrons. The molecule has 0 aliphatic carbocycles. The summed E-state index contributed by atoms with van der Waals surface area (Å²) >= 11 is 0. The van der Waals surface area contributed by atoms with Gasteiger partial charge in [-0.3, -0.25) is 4.79 Å². The Bertz CT molecular complexity index is 847. The van der Waals surface area contributed by atoms with Crippen LogP contribution in [-0.2, 0) is 0 Å². The van der Waals surface area contributed by atoms with Crippen molar-refractivity contribution >= 4 is 5.91 Å². The van der Waals surface area contributed by atoms with Crippen LogP contribution in [0.5, 0.6) is 0 Å². The van der Waals surface area contributed by atoms with E-state index in [1.807, 2.05) is 6.07 Å². The van der Waals surface area contributed by atoms with Gasteiger partial charge in [-0.2, -0.15) is 0 Å². The minimum absolute atomic E-state index is 0.296. The van der Waals surface area contributed by atoms with Crippen LogP contribution in [0.3, 0.4) is 0 Å². The lowest BCUT2D eigenvalue weighted by Gasteiger charge is -2.21. The fourth-order valence-electron chi connectivity index (χ4n) is 2.54. The fraction of sp³-hybridized carbons (Fsp3) is 0.158. The predicted molar refractivity (Wildman–Crippen MR) is 91.9 cm³/mol. The Kier molecular flexibility index (Phi) is 4.90. The highest BCUT2D eigenvalue weighted by atomic mass is 19.1. The molecule has 25 heavy (non-hydrogen) atoms. The van der Waals surface area contributed by atoms with Gasteiger partial charge in [0.15, 0.2) is 0 Å². The molecule has 1 amide bonds. The van der Waals surface area contributed by atoms with Crippen molar-refractivity contribution in [2.45, 2.75) is 19.1 Å². The van der Waals surface area contributed by atoms with Crippen molar-refractivity contribution in [2.75, 3.05) is 0 Å². The van der Waals surface area contributed by atoms with E-state index in [1.54, 1.807) is 48.4 Å². The molecule has 6 heteroatoms. The molecule has 3 aromatic rings. The number of aromatic nitrogens is 2. The third-order valence-electron chi connectivity index (χ3n) is 3.95. The van der Waals surface area contributed by atoms with E-state index in [0.29, 0.717) is 11.1 Å². The van der Waals surface area contributed by atoms with Gasteiger partial charge in [0, 0.05) is 23.6 Å². The predicted octanol–water partition coefficient (Wildman–Crippen LogP) is 2.86. The highest BCUT2D eigenvalue weighted by Crippen LogP contribution is 2.18. The number of imidazole rings is 1.